The molecule has 0 saturated heterocycles. The number of nitrogens with zero attached hydrogens (tertiary/aromatic N) is 3. The molecule has 1 aromatic heterocycles. The Bertz CT molecular complexity index is 368. The summed E-state index contributed by atoms with van der Waals surface area (Å²) in [4.78, 5) is 6.89. The number of hydrogen-bond acceptors (Lipinski definition) is 3. The van der Waals surface area contributed by atoms with Gasteiger partial charge in [0.15, 0.2) is 0 Å². The quantitative estimate of drug-likeness (QED) is 0.677. The average Bonchev–Trinajstić information content (AvgIpc) is 2.33. The highest BCUT2D eigenvalue weighted by Gasteiger charge is 2.04. The summed E-state index contributed by atoms with van der Waals surface area (Å²) in [5.41, 5.74) is 2.20. The maximum absolute atomic E-state index is 8.48. The van der Waals surface area contributed by atoms with Gasteiger partial charge in [-0.3, -0.25) is 9.88 Å². The third-order valence-electron chi connectivity index (χ3n) is 2.79. The van der Waals surface area contributed by atoms with Crippen LogP contribution in [0, 0.1) is 18.3 Å². The molecule has 0 aromatic carbocycles. The molecular weight excluding hydrogens is 210 g/mol. The van der Waals surface area contributed by atoms with E-state index in [-0.39, 0.29) is 0 Å². The van der Waals surface area contributed by atoms with Crippen molar-refractivity contribution in [3.8, 4) is 6.07 Å². The standard InChI is InChI=1S/C14H21N3/c1-3-17(11-6-4-5-10-15)12-14-9-7-8-13(2)16-14/h7-9H,3-6,11-12H2,1-2H3. The maximum atomic E-state index is 8.48. The molecule has 1 rings (SSSR count). The topological polar surface area (TPSA) is 39.9 Å². The Balaban J connectivity index is 2.39. The highest BCUT2D eigenvalue weighted by Crippen LogP contribution is 2.05. The predicted octanol–water partition coefficient (Wildman–Crippen LogP) is 2.91. The number of unbranched alkanes of at least 4 members (excludes halogenated alkanes) is 2. The van der Waals surface area contributed by atoms with Crippen molar-refractivity contribution < 1.29 is 0 Å². The van der Waals surface area contributed by atoms with Gasteiger partial charge in [-0.1, -0.05) is 13.0 Å². The van der Waals surface area contributed by atoms with Crippen LogP contribution in [0.2, 0.25) is 0 Å². The lowest BCUT2D eigenvalue weighted by Crippen LogP contribution is -2.24. The molecule has 0 saturated carbocycles. The van der Waals surface area contributed by atoms with Crippen LogP contribution in [0.5, 0.6) is 0 Å². The molecule has 0 amide bonds. The van der Waals surface area contributed by atoms with Crippen molar-refractivity contribution in [1.82, 2.24) is 9.88 Å². The lowest BCUT2D eigenvalue weighted by molar-refractivity contribution is 0.271. The predicted molar refractivity (Wildman–Crippen MR) is 69.4 cm³/mol. The largest absolute Gasteiger partial charge is 0.298 e. The maximum Gasteiger partial charge on any atom is 0.0621 e. The Morgan fingerprint density at radius 2 is 2.18 bits per heavy atom. The van der Waals surface area contributed by atoms with Crippen LogP contribution in [0.1, 0.15) is 37.6 Å². The lowest BCUT2D eigenvalue weighted by atomic mass is 10.2. The van der Waals surface area contributed by atoms with E-state index in [1.165, 1.54) is 0 Å². The summed E-state index contributed by atoms with van der Waals surface area (Å²) in [6.45, 7) is 7.17. The second kappa shape index (κ2) is 7.81. The van der Waals surface area contributed by atoms with Crippen LogP contribution >= 0.6 is 0 Å². The second-order valence-corrected chi connectivity index (χ2v) is 4.25. The smallest absolute Gasteiger partial charge is 0.0621 e. The number of aryl methyl sites for hydroxylation is 1. The molecule has 92 valence electrons. The van der Waals surface area contributed by atoms with E-state index < -0.39 is 0 Å². The molecule has 0 bridgehead atoms. The normalized spacial score (nSPS) is 10.5. The molecule has 0 atom stereocenters. The van der Waals surface area contributed by atoms with Gasteiger partial charge in [0.05, 0.1) is 11.8 Å². The zero-order valence-corrected chi connectivity index (χ0v) is 10.8. The van der Waals surface area contributed by atoms with Crippen LogP contribution in [0.15, 0.2) is 18.2 Å². The number of pyridine rings is 1. The van der Waals surface area contributed by atoms with E-state index in [1.807, 2.05) is 13.0 Å². The van der Waals surface area contributed by atoms with E-state index in [9.17, 15) is 0 Å². The zero-order chi connectivity index (χ0) is 12.5. The van der Waals surface area contributed by atoms with Crippen LogP contribution in [-0.4, -0.2) is 23.0 Å². The van der Waals surface area contributed by atoms with E-state index in [0.29, 0.717) is 6.42 Å². The molecule has 0 radical (unpaired) electrons. The van der Waals surface area contributed by atoms with Crippen molar-refractivity contribution in [2.45, 2.75) is 39.7 Å². The van der Waals surface area contributed by atoms with Gasteiger partial charge in [0.1, 0.15) is 0 Å². The first kappa shape index (κ1) is 13.7. The van der Waals surface area contributed by atoms with Gasteiger partial charge in [-0.2, -0.15) is 5.26 Å². The molecule has 0 N–H and O–H groups in total. The molecule has 0 aliphatic heterocycles. The number of aromatic nitrogens is 1. The SMILES string of the molecule is CCN(CCCCC#N)Cc1cccc(C)n1. The fourth-order valence-corrected chi connectivity index (χ4v) is 1.81. The highest BCUT2D eigenvalue weighted by molar-refractivity contribution is 5.09. The fraction of sp³-hybridized carbons (Fsp3) is 0.571. The highest BCUT2D eigenvalue weighted by atomic mass is 15.1. The second-order valence-electron chi connectivity index (χ2n) is 4.25. The molecule has 1 aromatic rings. The number of nitriles is 1. The third kappa shape index (κ3) is 5.46. The molecule has 17 heavy (non-hydrogen) atoms. The Hall–Kier alpha value is -1.40. The zero-order valence-electron chi connectivity index (χ0n) is 10.8. The minimum atomic E-state index is 0.667. The van der Waals surface area contributed by atoms with Crippen LogP contribution in [0.3, 0.4) is 0 Å². The third-order valence-corrected chi connectivity index (χ3v) is 2.79. The van der Waals surface area contributed by atoms with Crippen molar-refractivity contribution >= 4 is 0 Å². The van der Waals surface area contributed by atoms with E-state index in [2.05, 4.69) is 35.0 Å². The minimum Gasteiger partial charge on any atom is -0.298 e. The van der Waals surface area contributed by atoms with Crippen molar-refractivity contribution in [1.29, 1.82) is 5.26 Å². The monoisotopic (exact) mass is 231 g/mol. The summed E-state index contributed by atoms with van der Waals surface area (Å²) in [6, 6.07) is 8.34. The fourth-order valence-electron chi connectivity index (χ4n) is 1.81. The van der Waals surface area contributed by atoms with Gasteiger partial charge in [-0.05, 0) is 45.0 Å². The van der Waals surface area contributed by atoms with Crippen molar-refractivity contribution in [2.75, 3.05) is 13.1 Å². The molecule has 0 fully saturated rings. The van der Waals surface area contributed by atoms with Gasteiger partial charge in [-0.15, -0.1) is 0 Å². The van der Waals surface area contributed by atoms with E-state index in [0.717, 1.165) is 43.9 Å². The van der Waals surface area contributed by atoms with Crippen molar-refractivity contribution in [3.63, 3.8) is 0 Å². The van der Waals surface area contributed by atoms with Gasteiger partial charge in [0.25, 0.3) is 0 Å². The van der Waals surface area contributed by atoms with Crippen LogP contribution in [0.25, 0.3) is 0 Å². The Kier molecular flexibility index (Phi) is 6.27. The van der Waals surface area contributed by atoms with Gasteiger partial charge in [0, 0.05) is 18.7 Å². The van der Waals surface area contributed by atoms with Crippen molar-refractivity contribution in [3.05, 3.63) is 29.6 Å². The number of hydrogen-bond donors (Lipinski definition) is 0. The van der Waals surface area contributed by atoms with Gasteiger partial charge < -0.3 is 0 Å². The molecule has 3 nitrogen and oxygen atoms in total. The first-order valence-electron chi connectivity index (χ1n) is 6.28. The first-order chi connectivity index (χ1) is 8.26. The van der Waals surface area contributed by atoms with Gasteiger partial charge in [0.2, 0.25) is 0 Å². The summed E-state index contributed by atoms with van der Waals surface area (Å²) >= 11 is 0. The molecule has 0 unspecified atom stereocenters. The Morgan fingerprint density at radius 3 is 2.82 bits per heavy atom. The summed E-state index contributed by atoms with van der Waals surface area (Å²) in [6.07, 6.45) is 2.75. The molecule has 3 heteroatoms. The Labute approximate surface area is 104 Å². The lowest BCUT2D eigenvalue weighted by Gasteiger charge is -2.19. The van der Waals surface area contributed by atoms with Crippen LogP contribution in [-0.2, 0) is 6.54 Å². The Morgan fingerprint density at radius 1 is 1.35 bits per heavy atom. The molecule has 0 aliphatic carbocycles. The summed E-state index contributed by atoms with van der Waals surface area (Å²) in [5, 5.41) is 8.48. The van der Waals surface area contributed by atoms with Gasteiger partial charge in [-0.25, -0.2) is 0 Å². The van der Waals surface area contributed by atoms with Gasteiger partial charge >= 0.3 is 0 Å². The average molecular weight is 231 g/mol. The summed E-state index contributed by atoms with van der Waals surface area (Å²) < 4.78 is 0. The molecule has 0 spiro atoms. The van der Waals surface area contributed by atoms with Crippen LogP contribution < -0.4 is 0 Å². The summed E-state index contributed by atoms with van der Waals surface area (Å²) in [7, 11) is 0. The van der Waals surface area contributed by atoms with Crippen molar-refractivity contribution in [2.24, 2.45) is 0 Å². The van der Waals surface area contributed by atoms with E-state index in [1.54, 1.807) is 0 Å². The summed E-state index contributed by atoms with van der Waals surface area (Å²) in [5.74, 6) is 0. The molecule has 0 aliphatic rings. The molecule has 1 heterocycles. The van der Waals surface area contributed by atoms with E-state index in [4.69, 9.17) is 5.26 Å². The molecular formula is C14H21N3. The number of rotatable bonds is 7. The van der Waals surface area contributed by atoms with E-state index >= 15 is 0 Å². The minimum absolute atomic E-state index is 0.667. The first-order valence-corrected chi connectivity index (χ1v) is 6.28. The van der Waals surface area contributed by atoms with Crippen LogP contribution in [0.4, 0.5) is 0 Å².